The SMILES string of the molecule is c1ccc(-n2c3ccccc3c3cc(-n4c5ccccc5c5c6c7ccccc7n(-c7cccc8c7sc7ccccc78)c6ccc54)ccc32)cc1. The van der Waals surface area contributed by atoms with Gasteiger partial charge in [0.2, 0.25) is 0 Å². The van der Waals surface area contributed by atoms with Gasteiger partial charge in [-0.15, -0.1) is 11.3 Å². The third-order valence-electron chi connectivity index (χ3n) is 11.0. The molecule has 3 nitrogen and oxygen atoms in total. The lowest BCUT2D eigenvalue weighted by atomic mass is 10.1. The first-order valence-electron chi connectivity index (χ1n) is 17.8. The van der Waals surface area contributed by atoms with Gasteiger partial charge in [-0.05, 0) is 72.8 Å². The van der Waals surface area contributed by atoms with Crippen molar-refractivity contribution in [3.05, 3.63) is 176 Å². The first-order chi connectivity index (χ1) is 25.8. The summed E-state index contributed by atoms with van der Waals surface area (Å²) < 4.78 is 9.99. The minimum atomic E-state index is 1.16. The Bertz CT molecular complexity index is 3410. The lowest BCUT2D eigenvalue weighted by Gasteiger charge is -2.11. The number of hydrogen-bond donors (Lipinski definition) is 0. The second kappa shape index (κ2) is 10.5. The van der Waals surface area contributed by atoms with Crippen LogP contribution in [0.3, 0.4) is 0 Å². The average Bonchev–Trinajstić information content (AvgIpc) is 3.94. The molecule has 0 aliphatic carbocycles. The summed E-state index contributed by atoms with van der Waals surface area (Å²) in [5, 5.41) is 10.2. The number of para-hydroxylation sites is 4. The van der Waals surface area contributed by atoms with Gasteiger partial charge in [-0.3, -0.25) is 0 Å². The van der Waals surface area contributed by atoms with Crippen molar-refractivity contribution < 1.29 is 0 Å². The van der Waals surface area contributed by atoms with Crippen LogP contribution >= 0.6 is 11.3 Å². The van der Waals surface area contributed by atoms with Crippen molar-refractivity contribution in [2.75, 3.05) is 0 Å². The first kappa shape index (κ1) is 28.1. The molecule has 0 saturated heterocycles. The third kappa shape index (κ3) is 3.69. The summed E-state index contributed by atoms with van der Waals surface area (Å²) in [5.74, 6) is 0. The molecule has 8 aromatic carbocycles. The van der Waals surface area contributed by atoms with Crippen molar-refractivity contribution in [2.24, 2.45) is 0 Å². The Kier molecular flexibility index (Phi) is 5.65. The fourth-order valence-electron chi connectivity index (χ4n) is 8.92. The van der Waals surface area contributed by atoms with Gasteiger partial charge in [0.1, 0.15) is 0 Å². The van der Waals surface area contributed by atoms with E-state index >= 15 is 0 Å². The van der Waals surface area contributed by atoms with Gasteiger partial charge in [-0.1, -0.05) is 103 Å². The van der Waals surface area contributed by atoms with Crippen LogP contribution in [0.2, 0.25) is 0 Å². The van der Waals surface area contributed by atoms with Gasteiger partial charge in [0.25, 0.3) is 0 Å². The zero-order valence-electron chi connectivity index (χ0n) is 28.0. The molecular formula is C48H29N3S. The minimum absolute atomic E-state index is 1.16. The van der Waals surface area contributed by atoms with Gasteiger partial charge in [0, 0.05) is 59.2 Å². The van der Waals surface area contributed by atoms with E-state index in [-0.39, 0.29) is 0 Å². The maximum absolute atomic E-state index is 2.50. The fraction of sp³-hybridized carbons (Fsp3) is 0. The van der Waals surface area contributed by atoms with Crippen LogP contribution in [0, 0.1) is 0 Å². The molecular weight excluding hydrogens is 651 g/mol. The summed E-state index contributed by atoms with van der Waals surface area (Å²) >= 11 is 1.89. The van der Waals surface area contributed by atoms with E-state index in [0.717, 1.165) is 5.69 Å². The molecule has 12 rings (SSSR count). The van der Waals surface area contributed by atoms with Crippen molar-refractivity contribution in [2.45, 2.75) is 0 Å². The van der Waals surface area contributed by atoms with E-state index in [9.17, 15) is 0 Å². The summed E-state index contributed by atoms with van der Waals surface area (Å²) in [6.07, 6.45) is 0. The molecule has 0 aliphatic rings. The van der Waals surface area contributed by atoms with Gasteiger partial charge in [-0.25, -0.2) is 0 Å². The molecule has 0 fully saturated rings. The average molecular weight is 680 g/mol. The highest BCUT2D eigenvalue weighted by Gasteiger charge is 2.22. The van der Waals surface area contributed by atoms with Gasteiger partial charge in [0.15, 0.2) is 0 Å². The topological polar surface area (TPSA) is 14.8 Å². The number of hydrogen-bond acceptors (Lipinski definition) is 1. The maximum atomic E-state index is 2.50. The molecule has 4 aromatic heterocycles. The van der Waals surface area contributed by atoms with E-state index in [1.165, 1.54) is 97.0 Å². The number of benzene rings is 8. The molecule has 0 N–H and O–H groups in total. The minimum Gasteiger partial charge on any atom is -0.309 e. The maximum Gasteiger partial charge on any atom is 0.0640 e. The predicted octanol–water partition coefficient (Wildman–Crippen LogP) is 13.3. The Balaban J connectivity index is 1.18. The van der Waals surface area contributed by atoms with Crippen molar-refractivity contribution in [1.29, 1.82) is 0 Å². The van der Waals surface area contributed by atoms with Crippen molar-refractivity contribution in [1.82, 2.24) is 13.7 Å². The van der Waals surface area contributed by atoms with E-state index in [0.29, 0.717) is 0 Å². The van der Waals surface area contributed by atoms with E-state index in [1.807, 2.05) is 11.3 Å². The van der Waals surface area contributed by atoms with Crippen LogP contribution in [0.1, 0.15) is 0 Å². The summed E-state index contributed by atoms with van der Waals surface area (Å²) in [6, 6.07) is 64.5. The molecule has 242 valence electrons. The molecule has 0 spiro atoms. The molecule has 12 aromatic rings. The van der Waals surface area contributed by atoms with Crippen LogP contribution in [-0.4, -0.2) is 13.7 Å². The smallest absolute Gasteiger partial charge is 0.0640 e. The lowest BCUT2D eigenvalue weighted by molar-refractivity contribution is 1.16. The second-order valence-electron chi connectivity index (χ2n) is 13.7. The molecule has 4 heterocycles. The number of thiophene rings is 1. The molecule has 0 atom stereocenters. The van der Waals surface area contributed by atoms with Gasteiger partial charge >= 0.3 is 0 Å². The summed E-state index contributed by atoms with van der Waals surface area (Å²) in [5.41, 5.74) is 10.8. The number of fused-ring (bicyclic) bond motifs is 13. The largest absolute Gasteiger partial charge is 0.309 e. The second-order valence-corrected chi connectivity index (χ2v) is 14.8. The van der Waals surface area contributed by atoms with Crippen molar-refractivity contribution in [3.63, 3.8) is 0 Å². The lowest BCUT2D eigenvalue weighted by Crippen LogP contribution is -1.96. The van der Waals surface area contributed by atoms with Crippen LogP contribution in [0.4, 0.5) is 0 Å². The van der Waals surface area contributed by atoms with Crippen LogP contribution in [0.25, 0.3) is 103 Å². The van der Waals surface area contributed by atoms with Crippen LogP contribution in [-0.2, 0) is 0 Å². The van der Waals surface area contributed by atoms with Crippen molar-refractivity contribution in [3.8, 4) is 17.1 Å². The molecule has 0 bridgehead atoms. The van der Waals surface area contributed by atoms with E-state index in [2.05, 4.69) is 190 Å². The summed E-state index contributed by atoms with van der Waals surface area (Å²) in [7, 11) is 0. The molecule has 52 heavy (non-hydrogen) atoms. The fourth-order valence-corrected chi connectivity index (χ4v) is 10.1. The highest BCUT2D eigenvalue weighted by atomic mass is 32.1. The Labute approximate surface area is 302 Å². The Hall–Kier alpha value is -6.62. The van der Waals surface area contributed by atoms with Crippen LogP contribution < -0.4 is 0 Å². The van der Waals surface area contributed by atoms with Gasteiger partial charge in [-0.2, -0.15) is 0 Å². The Morgan fingerprint density at radius 2 is 0.827 bits per heavy atom. The quantitative estimate of drug-likeness (QED) is 0.177. The number of rotatable bonds is 3. The van der Waals surface area contributed by atoms with Crippen LogP contribution in [0.5, 0.6) is 0 Å². The molecule has 4 heteroatoms. The summed E-state index contributed by atoms with van der Waals surface area (Å²) in [6.45, 7) is 0. The Morgan fingerprint density at radius 3 is 1.58 bits per heavy atom. The normalized spacial score (nSPS) is 12.2. The molecule has 0 unspecified atom stereocenters. The number of nitrogens with zero attached hydrogens (tertiary/aromatic N) is 3. The molecule has 0 amide bonds. The van der Waals surface area contributed by atoms with E-state index < -0.39 is 0 Å². The highest BCUT2D eigenvalue weighted by molar-refractivity contribution is 7.26. The standard InChI is InChI=1S/C48H29N3S/c1-2-13-30(14-3-1)49-38-20-8-4-15-32(38)37-29-31(25-26-41(37)49)50-39-21-9-5-17-35(39)46-42(50)27-28-43-47(46)36-18-6-10-22-40(36)51(43)44-23-12-19-34-33-16-7-11-24-45(33)52-48(34)44/h1-29H. The first-order valence-corrected chi connectivity index (χ1v) is 18.6. The Morgan fingerprint density at radius 1 is 0.308 bits per heavy atom. The zero-order chi connectivity index (χ0) is 33.9. The molecule has 0 radical (unpaired) electrons. The van der Waals surface area contributed by atoms with E-state index in [4.69, 9.17) is 0 Å². The molecule has 0 saturated carbocycles. The van der Waals surface area contributed by atoms with Gasteiger partial charge in [0.05, 0.1) is 43.5 Å². The molecule has 0 aliphatic heterocycles. The number of aromatic nitrogens is 3. The van der Waals surface area contributed by atoms with Gasteiger partial charge < -0.3 is 13.7 Å². The van der Waals surface area contributed by atoms with Crippen molar-refractivity contribution >= 4 is 96.9 Å². The predicted molar refractivity (Wildman–Crippen MR) is 222 cm³/mol. The zero-order valence-corrected chi connectivity index (χ0v) is 28.8. The van der Waals surface area contributed by atoms with E-state index in [1.54, 1.807) is 0 Å². The van der Waals surface area contributed by atoms with Crippen LogP contribution in [0.15, 0.2) is 176 Å². The highest BCUT2D eigenvalue weighted by Crippen LogP contribution is 2.45. The summed E-state index contributed by atoms with van der Waals surface area (Å²) in [4.78, 5) is 0. The monoisotopic (exact) mass is 679 g/mol. The third-order valence-corrected chi connectivity index (χ3v) is 12.2.